The summed E-state index contributed by atoms with van der Waals surface area (Å²) in [6, 6.07) is 8.16. The smallest absolute Gasteiger partial charge is 0.358 e. The highest BCUT2D eigenvalue weighted by atomic mass is 19.1. The van der Waals surface area contributed by atoms with Crippen molar-refractivity contribution in [3.8, 4) is 5.69 Å². The van der Waals surface area contributed by atoms with Crippen molar-refractivity contribution in [2.45, 2.75) is 26.8 Å². The Labute approximate surface area is 134 Å². The summed E-state index contributed by atoms with van der Waals surface area (Å²) in [5.74, 6) is 0.651. The first kappa shape index (κ1) is 15.5. The molecule has 1 saturated heterocycles. The average Bonchev–Trinajstić information content (AvgIpc) is 2.97. The van der Waals surface area contributed by atoms with Crippen molar-refractivity contribution in [1.82, 2.24) is 9.78 Å². The second-order valence-electron chi connectivity index (χ2n) is 5.87. The molecule has 1 aliphatic heterocycles. The lowest BCUT2D eigenvalue weighted by Gasteiger charge is -2.46. The van der Waals surface area contributed by atoms with E-state index >= 15 is 0 Å². The molecule has 0 spiro atoms. The average molecular weight is 317 g/mol. The van der Waals surface area contributed by atoms with Gasteiger partial charge in [-0.15, -0.1) is 0 Å². The number of hydrogen-bond acceptors (Lipinski definition) is 4. The maximum atomic E-state index is 13.2. The Morgan fingerprint density at radius 2 is 2.04 bits per heavy atom. The van der Waals surface area contributed by atoms with Gasteiger partial charge in [0, 0.05) is 18.7 Å². The highest BCUT2D eigenvalue weighted by Gasteiger charge is 2.35. The lowest BCUT2D eigenvalue weighted by atomic mass is 9.92. The number of nitrogens with zero attached hydrogens (tertiary/aromatic N) is 3. The Morgan fingerprint density at radius 3 is 2.61 bits per heavy atom. The van der Waals surface area contributed by atoms with Crippen molar-refractivity contribution in [2.24, 2.45) is 5.92 Å². The molecule has 2 atom stereocenters. The standard InChI is InChI=1S/C17H20FN3O2/c1-4-23-17(22)15-9-16(20-10-11(2)12(20)3)21(19-15)14-7-5-13(18)6-8-14/h5-9,11-12H,4,10H2,1-3H3. The lowest BCUT2D eigenvalue weighted by Crippen LogP contribution is -2.54. The molecule has 0 radical (unpaired) electrons. The summed E-state index contributed by atoms with van der Waals surface area (Å²) in [6.45, 7) is 7.28. The second-order valence-corrected chi connectivity index (χ2v) is 5.87. The van der Waals surface area contributed by atoms with Crippen LogP contribution in [-0.2, 0) is 4.74 Å². The zero-order valence-corrected chi connectivity index (χ0v) is 13.5. The summed E-state index contributed by atoms with van der Waals surface area (Å²) in [5.41, 5.74) is 0.974. The number of aromatic nitrogens is 2. The number of anilines is 1. The van der Waals surface area contributed by atoms with Crippen LogP contribution in [0, 0.1) is 11.7 Å². The van der Waals surface area contributed by atoms with Gasteiger partial charge in [0.05, 0.1) is 12.3 Å². The Kier molecular flexibility index (Phi) is 4.07. The Bertz CT molecular complexity index is 711. The van der Waals surface area contributed by atoms with Crippen molar-refractivity contribution in [3.63, 3.8) is 0 Å². The number of carbonyl (C=O) groups excluding carboxylic acids is 1. The lowest BCUT2D eigenvalue weighted by molar-refractivity contribution is 0.0519. The van der Waals surface area contributed by atoms with Crippen LogP contribution in [-0.4, -0.2) is 34.9 Å². The number of benzene rings is 1. The predicted octanol–water partition coefficient (Wildman–Crippen LogP) is 3.03. The molecule has 6 heteroatoms. The van der Waals surface area contributed by atoms with Crippen LogP contribution in [0.2, 0.25) is 0 Å². The molecule has 2 aromatic rings. The van der Waals surface area contributed by atoms with Gasteiger partial charge in [-0.3, -0.25) is 0 Å². The number of halogens is 1. The summed E-state index contributed by atoms with van der Waals surface area (Å²) in [6.07, 6.45) is 0. The van der Waals surface area contributed by atoms with E-state index in [0.29, 0.717) is 24.3 Å². The monoisotopic (exact) mass is 317 g/mol. The minimum atomic E-state index is -0.448. The molecule has 2 heterocycles. The zero-order chi connectivity index (χ0) is 16.6. The van der Waals surface area contributed by atoms with E-state index in [1.807, 2.05) is 0 Å². The van der Waals surface area contributed by atoms with Crippen molar-refractivity contribution >= 4 is 11.8 Å². The topological polar surface area (TPSA) is 47.4 Å². The van der Waals surface area contributed by atoms with Gasteiger partial charge in [0.2, 0.25) is 0 Å². The fourth-order valence-corrected chi connectivity index (χ4v) is 2.75. The quantitative estimate of drug-likeness (QED) is 0.813. The van der Waals surface area contributed by atoms with Gasteiger partial charge in [-0.2, -0.15) is 5.10 Å². The minimum absolute atomic E-state index is 0.262. The van der Waals surface area contributed by atoms with E-state index in [9.17, 15) is 9.18 Å². The molecule has 0 N–H and O–H groups in total. The molecule has 122 valence electrons. The van der Waals surface area contributed by atoms with E-state index in [-0.39, 0.29) is 11.5 Å². The first-order valence-corrected chi connectivity index (χ1v) is 7.81. The molecule has 0 amide bonds. The minimum Gasteiger partial charge on any atom is -0.461 e. The van der Waals surface area contributed by atoms with E-state index in [0.717, 1.165) is 12.4 Å². The van der Waals surface area contributed by atoms with Crippen LogP contribution in [0.3, 0.4) is 0 Å². The van der Waals surface area contributed by atoms with Crippen LogP contribution in [0.4, 0.5) is 10.2 Å². The number of hydrogen-bond donors (Lipinski definition) is 0. The third-order valence-electron chi connectivity index (χ3n) is 4.34. The molecule has 3 rings (SSSR count). The summed E-state index contributed by atoms with van der Waals surface area (Å²) in [7, 11) is 0. The van der Waals surface area contributed by atoms with E-state index in [1.165, 1.54) is 12.1 Å². The Morgan fingerprint density at radius 1 is 1.35 bits per heavy atom. The van der Waals surface area contributed by atoms with Crippen molar-refractivity contribution < 1.29 is 13.9 Å². The van der Waals surface area contributed by atoms with Crippen LogP contribution in [0.25, 0.3) is 5.69 Å². The van der Waals surface area contributed by atoms with Crippen molar-refractivity contribution in [1.29, 1.82) is 0 Å². The maximum absolute atomic E-state index is 13.2. The third kappa shape index (κ3) is 2.81. The number of ether oxygens (including phenoxy) is 1. The van der Waals surface area contributed by atoms with E-state index in [1.54, 1.807) is 29.8 Å². The summed E-state index contributed by atoms with van der Waals surface area (Å²) >= 11 is 0. The van der Waals surface area contributed by atoms with E-state index in [4.69, 9.17) is 4.74 Å². The first-order valence-electron chi connectivity index (χ1n) is 7.81. The molecular formula is C17H20FN3O2. The van der Waals surface area contributed by atoms with Gasteiger partial charge in [-0.1, -0.05) is 6.92 Å². The fraction of sp³-hybridized carbons (Fsp3) is 0.412. The number of esters is 1. The SMILES string of the molecule is CCOC(=O)c1cc(N2CC(C)C2C)n(-c2ccc(F)cc2)n1. The molecule has 1 fully saturated rings. The third-order valence-corrected chi connectivity index (χ3v) is 4.34. The highest BCUT2D eigenvalue weighted by Crippen LogP contribution is 2.32. The van der Waals surface area contributed by atoms with E-state index < -0.39 is 5.97 Å². The van der Waals surface area contributed by atoms with Crippen molar-refractivity contribution in [3.05, 3.63) is 41.8 Å². The first-order chi connectivity index (χ1) is 11.0. The Balaban J connectivity index is 2.01. The molecule has 2 unspecified atom stereocenters. The summed E-state index contributed by atoms with van der Waals surface area (Å²) in [4.78, 5) is 14.2. The van der Waals surface area contributed by atoms with Crippen LogP contribution in [0.15, 0.2) is 30.3 Å². The van der Waals surface area contributed by atoms with E-state index in [2.05, 4.69) is 23.8 Å². The van der Waals surface area contributed by atoms with Gasteiger partial charge >= 0.3 is 5.97 Å². The molecule has 0 bridgehead atoms. The van der Waals surface area contributed by atoms with Gasteiger partial charge in [0.15, 0.2) is 5.69 Å². The fourth-order valence-electron chi connectivity index (χ4n) is 2.75. The Hall–Kier alpha value is -2.37. The molecule has 5 nitrogen and oxygen atoms in total. The van der Waals surface area contributed by atoms with Gasteiger partial charge < -0.3 is 9.64 Å². The molecule has 23 heavy (non-hydrogen) atoms. The molecule has 1 aliphatic rings. The highest BCUT2D eigenvalue weighted by molar-refractivity contribution is 5.88. The molecule has 0 saturated carbocycles. The molecule has 1 aromatic carbocycles. The normalized spacial score (nSPS) is 20.3. The maximum Gasteiger partial charge on any atom is 0.358 e. The molecule has 1 aromatic heterocycles. The van der Waals surface area contributed by atoms with Gasteiger partial charge in [-0.25, -0.2) is 13.9 Å². The molecular weight excluding hydrogens is 297 g/mol. The van der Waals surface area contributed by atoms with Crippen molar-refractivity contribution in [2.75, 3.05) is 18.1 Å². The number of carbonyl (C=O) groups is 1. The largest absolute Gasteiger partial charge is 0.461 e. The predicted molar refractivity (Wildman–Crippen MR) is 85.5 cm³/mol. The second kappa shape index (κ2) is 6.02. The zero-order valence-electron chi connectivity index (χ0n) is 13.5. The van der Waals surface area contributed by atoms with Crippen LogP contribution in [0.1, 0.15) is 31.3 Å². The van der Waals surface area contributed by atoms with Gasteiger partial charge in [0.25, 0.3) is 0 Å². The summed E-state index contributed by atoms with van der Waals surface area (Å²) in [5, 5.41) is 4.37. The number of rotatable bonds is 4. The molecule has 0 aliphatic carbocycles. The van der Waals surface area contributed by atoms with Crippen LogP contribution >= 0.6 is 0 Å². The van der Waals surface area contributed by atoms with Gasteiger partial charge in [0.1, 0.15) is 11.6 Å². The van der Waals surface area contributed by atoms with Crippen LogP contribution < -0.4 is 4.90 Å². The summed E-state index contributed by atoms with van der Waals surface area (Å²) < 4.78 is 19.9. The van der Waals surface area contributed by atoms with Crippen LogP contribution in [0.5, 0.6) is 0 Å². The van der Waals surface area contributed by atoms with Gasteiger partial charge in [-0.05, 0) is 44.0 Å².